The van der Waals surface area contributed by atoms with Gasteiger partial charge in [0.25, 0.3) is 0 Å². The molecule has 1 aliphatic rings. The molecule has 7 heteroatoms. The van der Waals surface area contributed by atoms with Crippen LogP contribution in [-0.4, -0.2) is 37.0 Å². The molecule has 1 aromatic carbocycles. The molecular formula is C17H18N2O3S2. The van der Waals surface area contributed by atoms with Gasteiger partial charge in [-0.1, -0.05) is 36.4 Å². The van der Waals surface area contributed by atoms with Gasteiger partial charge in [-0.25, -0.2) is 13.4 Å². The van der Waals surface area contributed by atoms with Crippen LogP contribution in [-0.2, 0) is 21.2 Å². The highest BCUT2D eigenvalue weighted by Crippen LogP contribution is 2.24. The van der Waals surface area contributed by atoms with Crippen LogP contribution in [0.3, 0.4) is 0 Å². The van der Waals surface area contributed by atoms with E-state index in [0.29, 0.717) is 6.54 Å². The molecule has 3 rings (SSSR count). The Morgan fingerprint density at radius 1 is 1.33 bits per heavy atom. The molecule has 0 unspecified atom stereocenters. The predicted molar refractivity (Wildman–Crippen MR) is 95.1 cm³/mol. The van der Waals surface area contributed by atoms with Gasteiger partial charge in [0.05, 0.1) is 18.0 Å². The van der Waals surface area contributed by atoms with Gasteiger partial charge in [0.15, 0.2) is 9.84 Å². The number of allylic oxidation sites excluding steroid dienone is 1. The zero-order valence-electron chi connectivity index (χ0n) is 13.3. The van der Waals surface area contributed by atoms with E-state index in [-0.39, 0.29) is 24.0 Å². The lowest BCUT2D eigenvalue weighted by atomic mass is 10.1. The van der Waals surface area contributed by atoms with Gasteiger partial charge in [-0.3, -0.25) is 4.79 Å². The quantitative estimate of drug-likeness (QED) is 0.820. The Kier molecular flexibility index (Phi) is 4.82. The van der Waals surface area contributed by atoms with Crippen LogP contribution in [0.1, 0.15) is 12.1 Å². The summed E-state index contributed by atoms with van der Waals surface area (Å²) in [6, 6.07) is 9.90. The Hall–Kier alpha value is -1.99. The number of benzene rings is 1. The van der Waals surface area contributed by atoms with Gasteiger partial charge in [-0.15, -0.1) is 11.3 Å². The van der Waals surface area contributed by atoms with E-state index in [2.05, 4.69) is 4.98 Å². The molecule has 0 fully saturated rings. The molecule has 0 saturated heterocycles. The van der Waals surface area contributed by atoms with E-state index in [1.807, 2.05) is 35.7 Å². The van der Waals surface area contributed by atoms with Crippen molar-refractivity contribution >= 4 is 27.1 Å². The molecule has 0 N–H and O–H groups in total. The Labute approximate surface area is 145 Å². The molecule has 126 valence electrons. The van der Waals surface area contributed by atoms with Gasteiger partial charge in [-0.2, -0.15) is 0 Å². The summed E-state index contributed by atoms with van der Waals surface area (Å²) in [7, 11) is -1.40. The van der Waals surface area contributed by atoms with Crippen LogP contribution in [0.25, 0.3) is 10.6 Å². The lowest BCUT2D eigenvalue weighted by Crippen LogP contribution is -2.28. The molecule has 1 atom stereocenters. The largest absolute Gasteiger partial charge is 0.340 e. The van der Waals surface area contributed by atoms with E-state index in [0.717, 1.165) is 16.3 Å². The van der Waals surface area contributed by atoms with Crippen molar-refractivity contribution < 1.29 is 13.2 Å². The second kappa shape index (κ2) is 6.86. The first-order chi connectivity index (χ1) is 11.4. The summed E-state index contributed by atoms with van der Waals surface area (Å²) >= 11 is 1.55. The van der Waals surface area contributed by atoms with Crippen molar-refractivity contribution in [2.24, 2.45) is 5.92 Å². The topological polar surface area (TPSA) is 67.3 Å². The Morgan fingerprint density at radius 2 is 2.08 bits per heavy atom. The summed E-state index contributed by atoms with van der Waals surface area (Å²) < 4.78 is 22.8. The van der Waals surface area contributed by atoms with E-state index >= 15 is 0 Å². The van der Waals surface area contributed by atoms with Gasteiger partial charge in [0, 0.05) is 35.7 Å². The zero-order valence-corrected chi connectivity index (χ0v) is 14.9. The number of hydrogen-bond acceptors (Lipinski definition) is 5. The van der Waals surface area contributed by atoms with Crippen molar-refractivity contribution in [2.75, 3.05) is 12.8 Å². The minimum absolute atomic E-state index is 0.0292. The number of sulfone groups is 1. The number of carbonyl (C=O) groups is 1. The van der Waals surface area contributed by atoms with Gasteiger partial charge in [0.2, 0.25) is 5.91 Å². The average molecular weight is 362 g/mol. The number of amides is 1. The fourth-order valence-corrected chi connectivity index (χ4v) is 4.79. The first kappa shape index (κ1) is 16.9. The number of thiazole rings is 1. The maximum atomic E-state index is 12.3. The average Bonchev–Trinajstić information content (AvgIpc) is 3.14. The summed E-state index contributed by atoms with van der Waals surface area (Å²) in [5.41, 5.74) is 1.90. The van der Waals surface area contributed by atoms with E-state index in [1.54, 1.807) is 29.4 Å². The summed E-state index contributed by atoms with van der Waals surface area (Å²) in [6.45, 7) is 0.422. The normalized spacial score (nSPS) is 18.6. The van der Waals surface area contributed by atoms with Crippen molar-refractivity contribution in [2.45, 2.75) is 13.0 Å². The highest BCUT2D eigenvalue weighted by molar-refractivity contribution is 7.94. The lowest BCUT2D eigenvalue weighted by Gasteiger charge is -2.17. The summed E-state index contributed by atoms with van der Waals surface area (Å²) in [4.78, 5) is 18.4. The highest BCUT2D eigenvalue weighted by atomic mass is 32.2. The van der Waals surface area contributed by atoms with Crippen molar-refractivity contribution in [3.8, 4) is 10.6 Å². The van der Waals surface area contributed by atoms with E-state index in [1.165, 1.54) is 5.41 Å². The predicted octanol–water partition coefficient (Wildman–Crippen LogP) is 2.72. The Balaban J connectivity index is 1.59. The van der Waals surface area contributed by atoms with Crippen LogP contribution in [0.2, 0.25) is 0 Å². The van der Waals surface area contributed by atoms with Gasteiger partial charge in [-0.05, 0) is 0 Å². The number of nitrogens with zero attached hydrogens (tertiary/aromatic N) is 2. The van der Waals surface area contributed by atoms with Gasteiger partial charge >= 0.3 is 0 Å². The van der Waals surface area contributed by atoms with E-state index < -0.39 is 9.84 Å². The molecule has 24 heavy (non-hydrogen) atoms. The third kappa shape index (κ3) is 4.10. The van der Waals surface area contributed by atoms with Crippen LogP contribution in [0.4, 0.5) is 0 Å². The minimum atomic E-state index is -3.11. The smallest absolute Gasteiger partial charge is 0.223 e. The first-order valence-corrected chi connectivity index (χ1v) is 10.2. The standard InChI is InChI=1S/C17H18N2O3S2/c1-19(16(20)9-13-7-8-24(21,22)12-13)10-15-11-23-17(18-15)14-5-3-2-4-6-14/h2-8,11,13H,9-10,12H2,1H3/t13-/m1/s1. The maximum Gasteiger partial charge on any atom is 0.223 e. The number of hydrogen-bond donors (Lipinski definition) is 0. The molecule has 0 saturated carbocycles. The van der Waals surface area contributed by atoms with Crippen LogP contribution >= 0.6 is 11.3 Å². The van der Waals surface area contributed by atoms with Gasteiger partial charge in [0.1, 0.15) is 5.01 Å². The van der Waals surface area contributed by atoms with Crippen molar-refractivity contribution in [1.29, 1.82) is 0 Å². The van der Waals surface area contributed by atoms with E-state index in [9.17, 15) is 13.2 Å². The molecule has 1 amide bonds. The minimum Gasteiger partial charge on any atom is -0.340 e. The Morgan fingerprint density at radius 3 is 2.75 bits per heavy atom. The molecule has 0 spiro atoms. The molecular weight excluding hydrogens is 344 g/mol. The maximum absolute atomic E-state index is 12.3. The molecule has 2 aromatic rings. The summed E-state index contributed by atoms with van der Waals surface area (Å²) in [5.74, 6) is -0.266. The molecule has 1 aromatic heterocycles. The van der Waals surface area contributed by atoms with Crippen molar-refractivity contribution in [1.82, 2.24) is 9.88 Å². The third-order valence-electron chi connectivity index (χ3n) is 3.84. The SMILES string of the molecule is CN(Cc1csc(-c2ccccc2)n1)C(=O)C[C@H]1C=CS(=O)(=O)C1. The van der Waals surface area contributed by atoms with Crippen LogP contribution < -0.4 is 0 Å². The van der Waals surface area contributed by atoms with Crippen LogP contribution in [0.15, 0.2) is 47.2 Å². The first-order valence-electron chi connectivity index (χ1n) is 7.58. The van der Waals surface area contributed by atoms with Crippen molar-refractivity contribution in [3.05, 3.63) is 52.9 Å². The third-order valence-corrected chi connectivity index (χ3v) is 6.24. The second-order valence-corrected chi connectivity index (χ2v) is 8.67. The number of rotatable bonds is 5. The van der Waals surface area contributed by atoms with Crippen LogP contribution in [0, 0.1) is 5.92 Å². The molecule has 0 aliphatic carbocycles. The number of aromatic nitrogens is 1. The summed E-state index contributed by atoms with van der Waals surface area (Å²) in [5, 5.41) is 4.08. The summed E-state index contributed by atoms with van der Waals surface area (Å²) in [6.07, 6.45) is 1.82. The van der Waals surface area contributed by atoms with Gasteiger partial charge < -0.3 is 4.90 Å². The monoisotopic (exact) mass is 362 g/mol. The highest BCUT2D eigenvalue weighted by Gasteiger charge is 2.25. The Bertz CT molecular complexity index is 857. The number of carbonyl (C=O) groups excluding carboxylic acids is 1. The molecule has 5 nitrogen and oxygen atoms in total. The second-order valence-electron chi connectivity index (χ2n) is 5.88. The van der Waals surface area contributed by atoms with E-state index in [4.69, 9.17) is 0 Å². The fourth-order valence-electron chi connectivity index (χ4n) is 2.57. The molecule has 2 heterocycles. The lowest BCUT2D eigenvalue weighted by molar-refractivity contribution is -0.131. The molecule has 1 aliphatic heterocycles. The van der Waals surface area contributed by atoms with Crippen molar-refractivity contribution in [3.63, 3.8) is 0 Å². The molecule has 0 radical (unpaired) electrons. The zero-order chi connectivity index (χ0) is 17.2. The fraction of sp³-hybridized carbons (Fsp3) is 0.294. The van der Waals surface area contributed by atoms with Crippen LogP contribution in [0.5, 0.6) is 0 Å². The molecule has 0 bridgehead atoms.